The van der Waals surface area contributed by atoms with E-state index in [9.17, 15) is 9.18 Å². The summed E-state index contributed by atoms with van der Waals surface area (Å²) in [6.45, 7) is 2.12. The highest BCUT2D eigenvalue weighted by Gasteiger charge is 2.10. The maximum Gasteiger partial charge on any atom is 0.335 e. The first-order valence-electron chi connectivity index (χ1n) is 8.17. The minimum Gasteiger partial charge on any atom is -0.494 e. The van der Waals surface area contributed by atoms with Gasteiger partial charge in [0.2, 0.25) is 0 Å². The zero-order valence-electron chi connectivity index (χ0n) is 14.1. The molecule has 0 aromatic heterocycles. The summed E-state index contributed by atoms with van der Waals surface area (Å²) >= 11 is 0. The van der Waals surface area contributed by atoms with Crippen LogP contribution in [-0.2, 0) is 6.42 Å². The smallest absolute Gasteiger partial charge is 0.335 e. The molecule has 3 nitrogen and oxygen atoms in total. The number of aromatic carboxylic acids is 1. The molecule has 0 aliphatic carbocycles. The van der Waals surface area contributed by atoms with E-state index in [1.807, 2.05) is 6.07 Å². The Morgan fingerprint density at radius 3 is 2.71 bits per heavy atom. The number of rotatable bonds is 8. The van der Waals surface area contributed by atoms with Gasteiger partial charge in [0.1, 0.15) is 0 Å². The Balaban J connectivity index is 1.83. The van der Waals surface area contributed by atoms with Gasteiger partial charge in [0, 0.05) is 0 Å². The van der Waals surface area contributed by atoms with Crippen LogP contribution in [0.4, 0.5) is 4.39 Å². The molecule has 1 N–H and O–H groups in total. The zero-order chi connectivity index (χ0) is 17.5. The second-order valence-electron chi connectivity index (χ2n) is 6.05. The van der Waals surface area contributed by atoms with Crippen LogP contribution in [0.5, 0.6) is 5.75 Å². The summed E-state index contributed by atoms with van der Waals surface area (Å²) in [5.74, 6) is -0.628. The van der Waals surface area contributed by atoms with E-state index in [1.54, 1.807) is 30.3 Å². The van der Waals surface area contributed by atoms with Crippen molar-refractivity contribution in [2.24, 2.45) is 0 Å². The molecular weight excluding hydrogens is 307 g/mol. The first kappa shape index (κ1) is 18.0. The number of methoxy groups -OCH3 is 1. The average Bonchev–Trinajstić information content (AvgIpc) is 2.59. The summed E-state index contributed by atoms with van der Waals surface area (Å²) in [4.78, 5) is 11.0. The molecule has 0 bridgehead atoms. The molecule has 0 saturated heterocycles. The van der Waals surface area contributed by atoms with Crippen molar-refractivity contribution in [2.45, 2.75) is 38.5 Å². The number of hydrogen-bond donors (Lipinski definition) is 1. The number of ether oxygens (including phenoxy) is 1. The van der Waals surface area contributed by atoms with Crippen molar-refractivity contribution < 1.29 is 19.0 Å². The summed E-state index contributed by atoms with van der Waals surface area (Å²) < 4.78 is 18.5. The van der Waals surface area contributed by atoms with Gasteiger partial charge in [0.05, 0.1) is 12.7 Å². The molecule has 0 unspecified atom stereocenters. The van der Waals surface area contributed by atoms with E-state index in [0.29, 0.717) is 11.5 Å². The van der Waals surface area contributed by atoms with Gasteiger partial charge in [0.15, 0.2) is 11.6 Å². The number of hydrogen-bond acceptors (Lipinski definition) is 2. The number of halogens is 1. The lowest BCUT2D eigenvalue weighted by molar-refractivity contribution is 0.0696. The van der Waals surface area contributed by atoms with Gasteiger partial charge < -0.3 is 9.84 Å². The van der Waals surface area contributed by atoms with Crippen LogP contribution in [-0.4, -0.2) is 18.2 Å². The maximum absolute atomic E-state index is 13.5. The lowest BCUT2D eigenvalue weighted by Crippen LogP contribution is -1.98. The Kier molecular flexibility index (Phi) is 6.36. The zero-order valence-corrected chi connectivity index (χ0v) is 14.1. The highest BCUT2D eigenvalue weighted by molar-refractivity contribution is 5.87. The van der Waals surface area contributed by atoms with Crippen molar-refractivity contribution in [1.82, 2.24) is 0 Å². The highest BCUT2D eigenvalue weighted by atomic mass is 19.1. The number of unbranched alkanes of at least 4 members (excludes halogenated alkanes) is 1. The molecule has 1 atom stereocenters. The Bertz CT molecular complexity index is 697. The molecule has 128 valence electrons. The lowest BCUT2D eigenvalue weighted by atomic mass is 9.94. The number of carboxylic acids is 1. The predicted molar refractivity (Wildman–Crippen MR) is 92.3 cm³/mol. The van der Waals surface area contributed by atoms with Crippen LogP contribution in [0.2, 0.25) is 0 Å². The Morgan fingerprint density at radius 1 is 1.21 bits per heavy atom. The van der Waals surface area contributed by atoms with E-state index in [0.717, 1.165) is 36.8 Å². The SMILES string of the molecule is COc1cc([C@@H](C)CCCCc2cccc(C(=O)O)c2)ccc1F. The molecule has 2 aromatic rings. The fraction of sp³-hybridized carbons (Fsp3) is 0.350. The van der Waals surface area contributed by atoms with Gasteiger partial charge in [0.25, 0.3) is 0 Å². The van der Waals surface area contributed by atoms with E-state index in [-0.39, 0.29) is 11.6 Å². The van der Waals surface area contributed by atoms with Crippen LogP contribution in [0.1, 0.15) is 53.6 Å². The molecule has 0 spiro atoms. The fourth-order valence-corrected chi connectivity index (χ4v) is 2.79. The first-order valence-corrected chi connectivity index (χ1v) is 8.17. The van der Waals surface area contributed by atoms with Crippen molar-refractivity contribution >= 4 is 5.97 Å². The van der Waals surface area contributed by atoms with Crippen LogP contribution in [0, 0.1) is 5.82 Å². The molecule has 2 rings (SSSR count). The molecule has 4 heteroatoms. The highest BCUT2D eigenvalue weighted by Crippen LogP contribution is 2.27. The summed E-state index contributed by atoms with van der Waals surface area (Å²) in [5, 5.41) is 9.01. The van der Waals surface area contributed by atoms with Gasteiger partial charge in [-0.3, -0.25) is 0 Å². The fourth-order valence-electron chi connectivity index (χ4n) is 2.79. The molecule has 0 aliphatic rings. The van der Waals surface area contributed by atoms with E-state index in [2.05, 4.69) is 6.92 Å². The normalized spacial score (nSPS) is 12.0. The van der Waals surface area contributed by atoms with Crippen LogP contribution in [0.25, 0.3) is 0 Å². The predicted octanol–water partition coefficient (Wildman–Crippen LogP) is 5.05. The number of aryl methyl sites for hydroxylation is 1. The van der Waals surface area contributed by atoms with Crippen LogP contribution < -0.4 is 4.74 Å². The summed E-state index contributed by atoms with van der Waals surface area (Å²) in [6.07, 6.45) is 3.87. The number of carboxylic acid groups (broad SMARTS) is 1. The van der Waals surface area contributed by atoms with Gasteiger partial charge in [-0.05, 0) is 60.6 Å². The van der Waals surface area contributed by atoms with Crippen molar-refractivity contribution in [3.8, 4) is 5.75 Å². The molecule has 0 fully saturated rings. The number of benzene rings is 2. The minimum absolute atomic E-state index is 0.282. The van der Waals surface area contributed by atoms with E-state index < -0.39 is 5.97 Å². The van der Waals surface area contributed by atoms with Crippen molar-refractivity contribution in [3.05, 3.63) is 65.0 Å². The first-order chi connectivity index (χ1) is 11.5. The van der Waals surface area contributed by atoms with Gasteiger partial charge in [-0.15, -0.1) is 0 Å². The van der Waals surface area contributed by atoms with Crippen LogP contribution in [0.15, 0.2) is 42.5 Å². The Morgan fingerprint density at radius 2 is 2.00 bits per heavy atom. The van der Waals surface area contributed by atoms with Crippen molar-refractivity contribution in [1.29, 1.82) is 0 Å². The second-order valence-corrected chi connectivity index (χ2v) is 6.05. The molecule has 0 saturated carbocycles. The lowest BCUT2D eigenvalue weighted by Gasteiger charge is -2.13. The Hall–Kier alpha value is -2.36. The van der Waals surface area contributed by atoms with E-state index in [4.69, 9.17) is 9.84 Å². The summed E-state index contributed by atoms with van der Waals surface area (Å²) in [7, 11) is 1.47. The third-order valence-corrected chi connectivity index (χ3v) is 4.27. The van der Waals surface area contributed by atoms with Gasteiger partial charge in [-0.25, -0.2) is 9.18 Å². The second kappa shape index (κ2) is 8.48. The third-order valence-electron chi connectivity index (χ3n) is 4.27. The molecule has 0 aliphatic heterocycles. The largest absolute Gasteiger partial charge is 0.494 e. The van der Waals surface area contributed by atoms with Crippen molar-refractivity contribution in [2.75, 3.05) is 7.11 Å². The van der Waals surface area contributed by atoms with Crippen LogP contribution in [0.3, 0.4) is 0 Å². The maximum atomic E-state index is 13.5. The van der Waals surface area contributed by atoms with Crippen molar-refractivity contribution in [3.63, 3.8) is 0 Å². The molecule has 24 heavy (non-hydrogen) atoms. The standard InChI is InChI=1S/C20H23FO3/c1-14(16-10-11-18(21)19(13-16)24-2)6-3-4-7-15-8-5-9-17(12-15)20(22)23/h5,8-14H,3-4,6-7H2,1-2H3,(H,22,23)/t14-/m0/s1. The monoisotopic (exact) mass is 330 g/mol. The Labute approximate surface area is 142 Å². The van der Waals surface area contributed by atoms with Gasteiger partial charge in [-0.2, -0.15) is 0 Å². The summed E-state index contributed by atoms with van der Waals surface area (Å²) in [6, 6.07) is 12.1. The van der Waals surface area contributed by atoms with E-state index >= 15 is 0 Å². The summed E-state index contributed by atoms with van der Waals surface area (Å²) in [5.41, 5.74) is 2.45. The number of carbonyl (C=O) groups is 1. The minimum atomic E-state index is -0.893. The molecule has 0 radical (unpaired) electrons. The quantitative estimate of drug-likeness (QED) is 0.689. The topological polar surface area (TPSA) is 46.5 Å². The van der Waals surface area contributed by atoms with Gasteiger partial charge >= 0.3 is 5.97 Å². The third kappa shape index (κ3) is 4.82. The molecular formula is C20H23FO3. The molecule has 2 aromatic carbocycles. The molecule has 0 heterocycles. The van der Waals surface area contributed by atoms with Crippen LogP contribution >= 0.6 is 0 Å². The van der Waals surface area contributed by atoms with Gasteiger partial charge in [-0.1, -0.05) is 31.5 Å². The van der Waals surface area contributed by atoms with E-state index in [1.165, 1.54) is 13.2 Å². The average molecular weight is 330 g/mol. The molecule has 0 amide bonds.